The molecule has 7 heteroatoms. The Morgan fingerprint density at radius 2 is 1.82 bits per heavy atom. The highest BCUT2D eigenvalue weighted by atomic mass is 16.5. The molecule has 2 aliphatic rings. The van der Waals surface area contributed by atoms with Crippen LogP contribution in [0.1, 0.15) is 32.3 Å². The van der Waals surface area contributed by atoms with Gasteiger partial charge in [-0.1, -0.05) is 12.1 Å². The Bertz CT molecular complexity index is 647. The van der Waals surface area contributed by atoms with E-state index in [-0.39, 0.29) is 12.0 Å². The summed E-state index contributed by atoms with van der Waals surface area (Å²) >= 11 is 0. The van der Waals surface area contributed by atoms with Crippen molar-refractivity contribution >= 4 is 17.9 Å². The minimum Gasteiger partial charge on any atom is -0.465 e. The number of anilines is 1. The molecule has 2 saturated heterocycles. The number of hydrazone groups is 1. The zero-order valence-corrected chi connectivity index (χ0v) is 17.1. The Kier molecular flexibility index (Phi) is 7.28. The molecule has 2 aliphatic heterocycles. The van der Waals surface area contributed by atoms with Crippen molar-refractivity contribution in [3.8, 4) is 0 Å². The maximum atomic E-state index is 12.0. The van der Waals surface area contributed by atoms with Crippen molar-refractivity contribution in [2.75, 3.05) is 50.8 Å². The van der Waals surface area contributed by atoms with Crippen molar-refractivity contribution in [3.63, 3.8) is 0 Å². The highest BCUT2D eigenvalue weighted by Gasteiger charge is 2.31. The van der Waals surface area contributed by atoms with Crippen LogP contribution in [0.25, 0.3) is 0 Å². The van der Waals surface area contributed by atoms with Gasteiger partial charge in [-0.3, -0.25) is 14.6 Å². The van der Waals surface area contributed by atoms with Gasteiger partial charge in [0.25, 0.3) is 0 Å². The smallest absolute Gasteiger partial charge is 0.323 e. The van der Waals surface area contributed by atoms with E-state index in [1.54, 1.807) is 6.21 Å². The van der Waals surface area contributed by atoms with E-state index in [0.29, 0.717) is 12.6 Å². The molecule has 1 atom stereocenters. The van der Waals surface area contributed by atoms with Crippen molar-refractivity contribution in [1.82, 2.24) is 9.80 Å². The molecule has 0 bridgehead atoms. The van der Waals surface area contributed by atoms with Crippen LogP contribution in [0.4, 0.5) is 5.69 Å². The molecule has 0 aromatic heterocycles. The molecule has 2 N–H and O–H groups in total. The third-order valence-corrected chi connectivity index (χ3v) is 5.99. The van der Waals surface area contributed by atoms with E-state index in [4.69, 9.17) is 10.6 Å². The monoisotopic (exact) mass is 387 g/mol. The zero-order valence-electron chi connectivity index (χ0n) is 17.1. The number of piperazine rings is 1. The zero-order chi connectivity index (χ0) is 19.9. The van der Waals surface area contributed by atoms with Crippen molar-refractivity contribution in [3.05, 3.63) is 29.8 Å². The molecular formula is C21H33N5O2. The van der Waals surface area contributed by atoms with Gasteiger partial charge in [0.1, 0.15) is 6.04 Å². The summed E-state index contributed by atoms with van der Waals surface area (Å²) in [5.74, 6) is 5.11. The first-order valence-electron chi connectivity index (χ1n) is 10.4. The molecule has 1 unspecified atom stereocenters. The SMILES string of the molecule is CCOC(=O)C(C)N1CCC(N2CCN(c3ccc(/C=N\N)cc3)CC2)CC1. The number of likely N-dealkylation sites (tertiary alicyclic amines) is 1. The van der Waals surface area contributed by atoms with Crippen LogP contribution in [0.5, 0.6) is 0 Å². The first-order chi connectivity index (χ1) is 13.6. The second kappa shape index (κ2) is 9.89. The summed E-state index contributed by atoms with van der Waals surface area (Å²) in [6.07, 6.45) is 3.91. The molecule has 7 nitrogen and oxygen atoms in total. The second-order valence-electron chi connectivity index (χ2n) is 7.59. The highest BCUT2D eigenvalue weighted by Crippen LogP contribution is 2.22. The summed E-state index contributed by atoms with van der Waals surface area (Å²) in [6.45, 7) is 10.5. The fourth-order valence-corrected chi connectivity index (χ4v) is 4.25. The van der Waals surface area contributed by atoms with Crippen LogP contribution in [0.15, 0.2) is 29.4 Å². The van der Waals surface area contributed by atoms with E-state index in [1.165, 1.54) is 5.69 Å². The van der Waals surface area contributed by atoms with Gasteiger partial charge in [0.15, 0.2) is 0 Å². The molecule has 2 fully saturated rings. The summed E-state index contributed by atoms with van der Waals surface area (Å²) < 4.78 is 5.16. The number of benzene rings is 1. The van der Waals surface area contributed by atoms with E-state index < -0.39 is 0 Å². The van der Waals surface area contributed by atoms with Crippen molar-refractivity contribution in [2.24, 2.45) is 10.9 Å². The van der Waals surface area contributed by atoms with E-state index in [0.717, 1.165) is 57.7 Å². The van der Waals surface area contributed by atoms with Crippen molar-refractivity contribution in [1.29, 1.82) is 0 Å². The summed E-state index contributed by atoms with van der Waals surface area (Å²) in [6, 6.07) is 8.88. The lowest BCUT2D eigenvalue weighted by atomic mass is 10.0. The molecule has 1 aromatic carbocycles. The molecule has 0 spiro atoms. The molecule has 1 aromatic rings. The third-order valence-electron chi connectivity index (χ3n) is 5.99. The first kappa shape index (κ1) is 20.6. The number of nitrogens with zero attached hydrogens (tertiary/aromatic N) is 4. The average Bonchev–Trinajstić information content (AvgIpc) is 2.74. The van der Waals surface area contributed by atoms with Crippen LogP contribution in [-0.4, -0.2) is 79.9 Å². The number of carbonyl (C=O) groups is 1. The first-order valence-corrected chi connectivity index (χ1v) is 10.4. The van der Waals surface area contributed by atoms with Gasteiger partial charge < -0.3 is 15.5 Å². The lowest BCUT2D eigenvalue weighted by molar-refractivity contribution is -0.149. The highest BCUT2D eigenvalue weighted by molar-refractivity contribution is 5.80. The molecule has 0 saturated carbocycles. The normalized spacial score (nSPS) is 21.1. The van der Waals surface area contributed by atoms with Gasteiger partial charge in [0.05, 0.1) is 12.8 Å². The maximum absolute atomic E-state index is 12.0. The molecule has 0 radical (unpaired) electrons. The molecule has 3 rings (SSSR count). The van der Waals surface area contributed by atoms with Gasteiger partial charge >= 0.3 is 5.97 Å². The number of hydrogen-bond acceptors (Lipinski definition) is 7. The molecule has 0 aliphatic carbocycles. The summed E-state index contributed by atoms with van der Waals surface area (Å²) in [5, 5.41) is 3.57. The standard InChI is InChI=1S/C21H33N5O2/c1-3-28-21(27)17(2)24-10-8-20(9-11-24)26-14-12-25(13-15-26)19-6-4-18(5-7-19)16-23-22/h4-7,16-17,20H,3,8-15,22H2,1-2H3/b23-16-. The van der Waals surface area contributed by atoms with Crippen LogP contribution in [-0.2, 0) is 9.53 Å². The van der Waals surface area contributed by atoms with Gasteiger partial charge in [-0.2, -0.15) is 5.10 Å². The van der Waals surface area contributed by atoms with Gasteiger partial charge in [0, 0.05) is 51.0 Å². The molecule has 2 heterocycles. The predicted octanol–water partition coefficient (Wildman–Crippen LogP) is 1.52. The van der Waals surface area contributed by atoms with E-state index in [9.17, 15) is 4.79 Å². The van der Waals surface area contributed by atoms with Crippen LogP contribution >= 0.6 is 0 Å². The number of esters is 1. The number of ether oxygens (including phenoxy) is 1. The second-order valence-corrected chi connectivity index (χ2v) is 7.59. The minimum atomic E-state index is -0.134. The molecule has 154 valence electrons. The quantitative estimate of drug-likeness (QED) is 0.345. The van der Waals surface area contributed by atoms with Gasteiger partial charge in [-0.25, -0.2) is 0 Å². The van der Waals surface area contributed by atoms with Gasteiger partial charge in [-0.05, 0) is 44.4 Å². The summed E-state index contributed by atoms with van der Waals surface area (Å²) in [7, 11) is 0. The number of piperidine rings is 1. The van der Waals surface area contributed by atoms with Crippen LogP contribution in [0, 0.1) is 0 Å². The fourth-order valence-electron chi connectivity index (χ4n) is 4.25. The largest absolute Gasteiger partial charge is 0.465 e. The number of rotatable bonds is 6. The maximum Gasteiger partial charge on any atom is 0.323 e. The third kappa shape index (κ3) is 5.02. The van der Waals surface area contributed by atoms with Gasteiger partial charge in [-0.15, -0.1) is 0 Å². The summed E-state index contributed by atoms with van der Waals surface area (Å²) in [5.41, 5.74) is 2.28. The molecular weight excluding hydrogens is 354 g/mol. The van der Waals surface area contributed by atoms with Gasteiger partial charge in [0.2, 0.25) is 0 Å². The Morgan fingerprint density at radius 3 is 2.39 bits per heavy atom. The molecule has 28 heavy (non-hydrogen) atoms. The Balaban J connectivity index is 1.45. The van der Waals surface area contributed by atoms with Crippen LogP contribution in [0.3, 0.4) is 0 Å². The molecule has 0 amide bonds. The topological polar surface area (TPSA) is 74.4 Å². The Morgan fingerprint density at radius 1 is 1.18 bits per heavy atom. The summed E-state index contributed by atoms with van der Waals surface area (Å²) in [4.78, 5) is 19.3. The Labute approximate surface area is 168 Å². The average molecular weight is 388 g/mol. The van der Waals surface area contributed by atoms with Crippen LogP contribution in [0.2, 0.25) is 0 Å². The van der Waals surface area contributed by atoms with E-state index >= 15 is 0 Å². The fraction of sp³-hybridized carbons (Fsp3) is 0.619. The Hall–Kier alpha value is -2.12. The minimum absolute atomic E-state index is 0.0988. The lowest BCUT2D eigenvalue weighted by Crippen LogP contribution is -2.54. The number of carbonyl (C=O) groups excluding carboxylic acids is 1. The number of hydrogen-bond donors (Lipinski definition) is 1. The van der Waals surface area contributed by atoms with Crippen LogP contribution < -0.4 is 10.7 Å². The lowest BCUT2D eigenvalue weighted by Gasteiger charge is -2.44. The van der Waals surface area contributed by atoms with Crippen molar-refractivity contribution < 1.29 is 9.53 Å². The predicted molar refractivity (Wildman–Crippen MR) is 113 cm³/mol. The van der Waals surface area contributed by atoms with Crippen molar-refractivity contribution in [2.45, 2.75) is 38.8 Å². The number of nitrogens with two attached hydrogens (primary N) is 1. The van der Waals surface area contributed by atoms with E-state index in [1.807, 2.05) is 13.8 Å². The van der Waals surface area contributed by atoms with E-state index in [2.05, 4.69) is 44.1 Å².